The maximum atomic E-state index is 6.41. The van der Waals surface area contributed by atoms with E-state index in [-0.39, 0.29) is 6.04 Å². The van der Waals surface area contributed by atoms with Crippen LogP contribution in [0.5, 0.6) is 0 Å². The molecule has 3 heteroatoms. The van der Waals surface area contributed by atoms with Gasteiger partial charge in [0.15, 0.2) is 0 Å². The largest absolute Gasteiger partial charge is 0.459 e. The normalized spacial score (nSPS) is 12.8. The summed E-state index contributed by atoms with van der Waals surface area (Å²) in [5.41, 5.74) is 10.7. The number of furan rings is 1. The molecule has 3 rings (SSSR count). The van der Waals surface area contributed by atoms with E-state index in [1.807, 2.05) is 24.3 Å². The van der Waals surface area contributed by atoms with Crippen molar-refractivity contribution < 1.29 is 4.42 Å². The maximum Gasteiger partial charge on any atom is 0.134 e. The molecule has 3 aromatic rings. The van der Waals surface area contributed by atoms with Gasteiger partial charge in [-0.15, -0.1) is 0 Å². The summed E-state index contributed by atoms with van der Waals surface area (Å²) < 4.78 is 7.03. The Kier molecular flexibility index (Phi) is 3.40. The van der Waals surface area contributed by atoms with E-state index in [1.54, 1.807) is 0 Å². The van der Waals surface area contributed by atoms with Crippen LogP contribution in [-0.4, -0.2) is 0 Å². The van der Waals surface area contributed by atoms with E-state index in [9.17, 15) is 0 Å². The molecule has 0 aliphatic carbocycles. The van der Waals surface area contributed by atoms with Crippen LogP contribution in [0.25, 0.3) is 11.0 Å². The van der Waals surface area contributed by atoms with Crippen LogP contribution in [0.1, 0.15) is 28.5 Å². The monoisotopic (exact) mass is 329 g/mol. The summed E-state index contributed by atoms with van der Waals surface area (Å²) in [5.74, 6) is 0.840. The zero-order valence-electron chi connectivity index (χ0n) is 11.5. The van der Waals surface area contributed by atoms with Gasteiger partial charge in [-0.05, 0) is 43.2 Å². The molecule has 0 amide bonds. The maximum absolute atomic E-state index is 6.41. The lowest BCUT2D eigenvalue weighted by atomic mass is 9.98. The number of nitrogens with two attached hydrogens (primary N) is 1. The van der Waals surface area contributed by atoms with Crippen molar-refractivity contribution in [1.82, 2.24) is 0 Å². The van der Waals surface area contributed by atoms with E-state index in [4.69, 9.17) is 10.2 Å². The lowest BCUT2D eigenvalue weighted by Gasteiger charge is -2.13. The quantitative estimate of drug-likeness (QED) is 0.729. The minimum absolute atomic E-state index is 0.234. The second-order valence-electron chi connectivity index (χ2n) is 5.07. The van der Waals surface area contributed by atoms with E-state index in [0.717, 1.165) is 32.3 Å². The van der Waals surface area contributed by atoms with Gasteiger partial charge in [0.05, 0.1) is 6.04 Å². The first-order valence-electron chi connectivity index (χ1n) is 6.57. The number of fused-ring (bicyclic) bond motifs is 1. The first-order chi connectivity index (χ1) is 9.58. The number of hydrogen-bond donors (Lipinski definition) is 1. The number of benzene rings is 2. The lowest BCUT2D eigenvalue weighted by molar-refractivity contribution is 0.520. The van der Waals surface area contributed by atoms with Gasteiger partial charge in [0.2, 0.25) is 0 Å². The molecule has 0 bridgehead atoms. The van der Waals surface area contributed by atoms with Crippen molar-refractivity contribution in [3.63, 3.8) is 0 Å². The highest BCUT2D eigenvalue weighted by Crippen LogP contribution is 2.33. The minimum atomic E-state index is -0.234. The van der Waals surface area contributed by atoms with Crippen LogP contribution in [0.15, 0.2) is 51.4 Å². The Morgan fingerprint density at radius 2 is 1.85 bits per heavy atom. The van der Waals surface area contributed by atoms with Crippen molar-refractivity contribution in [2.45, 2.75) is 19.9 Å². The van der Waals surface area contributed by atoms with Gasteiger partial charge in [-0.3, -0.25) is 0 Å². The third-order valence-corrected chi connectivity index (χ3v) is 4.23. The van der Waals surface area contributed by atoms with Gasteiger partial charge in [0.25, 0.3) is 0 Å². The summed E-state index contributed by atoms with van der Waals surface area (Å²) in [6.45, 7) is 4.13. The first-order valence-corrected chi connectivity index (χ1v) is 7.37. The van der Waals surface area contributed by atoms with Crippen molar-refractivity contribution >= 4 is 26.9 Å². The summed E-state index contributed by atoms with van der Waals surface area (Å²) in [7, 11) is 0. The molecule has 1 unspecified atom stereocenters. The van der Waals surface area contributed by atoms with Crippen LogP contribution in [-0.2, 0) is 0 Å². The molecule has 102 valence electrons. The van der Waals surface area contributed by atoms with Gasteiger partial charge in [-0.1, -0.05) is 40.2 Å². The predicted molar refractivity (Wildman–Crippen MR) is 85.9 cm³/mol. The Morgan fingerprint density at radius 1 is 1.10 bits per heavy atom. The Hall–Kier alpha value is -1.58. The smallest absolute Gasteiger partial charge is 0.134 e. The standard InChI is InChI=1S/C17H16BrNO/c1-10-5-3-4-6-13(10)16(19)17-11(2)14-9-12(18)7-8-15(14)20-17/h3-9,16H,19H2,1-2H3. The summed E-state index contributed by atoms with van der Waals surface area (Å²) in [6, 6.07) is 14.0. The topological polar surface area (TPSA) is 39.2 Å². The van der Waals surface area contributed by atoms with Crippen LogP contribution in [0, 0.1) is 13.8 Å². The highest BCUT2D eigenvalue weighted by Gasteiger charge is 2.19. The predicted octanol–water partition coefficient (Wildman–Crippen LogP) is 4.86. The summed E-state index contributed by atoms with van der Waals surface area (Å²) in [6.07, 6.45) is 0. The van der Waals surface area contributed by atoms with E-state index in [1.165, 1.54) is 5.56 Å². The summed E-state index contributed by atoms with van der Waals surface area (Å²) >= 11 is 3.50. The molecule has 0 spiro atoms. The molecule has 1 aromatic heterocycles. The second kappa shape index (κ2) is 5.08. The molecule has 0 aliphatic heterocycles. The van der Waals surface area contributed by atoms with Crippen LogP contribution >= 0.6 is 15.9 Å². The van der Waals surface area contributed by atoms with Gasteiger partial charge in [-0.2, -0.15) is 0 Å². The van der Waals surface area contributed by atoms with Crippen molar-refractivity contribution in [1.29, 1.82) is 0 Å². The molecule has 2 nitrogen and oxygen atoms in total. The van der Waals surface area contributed by atoms with Crippen molar-refractivity contribution in [3.8, 4) is 0 Å². The van der Waals surface area contributed by atoms with E-state index in [2.05, 4.69) is 48.0 Å². The molecule has 20 heavy (non-hydrogen) atoms. The van der Waals surface area contributed by atoms with Gasteiger partial charge >= 0.3 is 0 Å². The fourth-order valence-electron chi connectivity index (χ4n) is 2.59. The SMILES string of the molecule is Cc1ccccc1C(N)c1oc2ccc(Br)cc2c1C. The zero-order valence-corrected chi connectivity index (χ0v) is 13.1. The summed E-state index contributed by atoms with van der Waals surface area (Å²) in [4.78, 5) is 0. The van der Waals surface area contributed by atoms with Gasteiger partial charge < -0.3 is 10.2 Å². The molecule has 0 fully saturated rings. The van der Waals surface area contributed by atoms with Crippen LogP contribution in [0.2, 0.25) is 0 Å². The molecule has 0 aliphatic rings. The van der Waals surface area contributed by atoms with Crippen molar-refractivity contribution in [2.75, 3.05) is 0 Å². The minimum Gasteiger partial charge on any atom is -0.459 e. The third kappa shape index (κ3) is 2.17. The van der Waals surface area contributed by atoms with E-state index < -0.39 is 0 Å². The van der Waals surface area contributed by atoms with Crippen LogP contribution < -0.4 is 5.73 Å². The molecular formula is C17H16BrNO. The lowest BCUT2D eigenvalue weighted by Crippen LogP contribution is -2.13. The van der Waals surface area contributed by atoms with Gasteiger partial charge in [-0.25, -0.2) is 0 Å². The Balaban J connectivity index is 2.15. The van der Waals surface area contributed by atoms with E-state index >= 15 is 0 Å². The van der Waals surface area contributed by atoms with Gasteiger partial charge in [0, 0.05) is 15.4 Å². The average Bonchev–Trinajstić information content (AvgIpc) is 2.76. The molecule has 0 radical (unpaired) electrons. The fourth-order valence-corrected chi connectivity index (χ4v) is 2.95. The molecule has 2 N–H and O–H groups in total. The van der Waals surface area contributed by atoms with Crippen LogP contribution in [0.4, 0.5) is 0 Å². The highest BCUT2D eigenvalue weighted by molar-refractivity contribution is 9.10. The molecular weight excluding hydrogens is 314 g/mol. The first kappa shape index (κ1) is 13.4. The second-order valence-corrected chi connectivity index (χ2v) is 5.98. The molecule has 0 saturated carbocycles. The van der Waals surface area contributed by atoms with Gasteiger partial charge in [0.1, 0.15) is 11.3 Å². The number of rotatable bonds is 2. The fraction of sp³-hybridized carbons (Fsp3) is 0.176. The van der Waals surface area contributed by atoms with Crippen molar-refractivity contribution in [3.05, 3.63) is 69.4 Å². The Bertz CT molecular complexity index is 776. The number of hydrogen-bond acceptors (Lipinski definition) is 2. The average molecular weight is 330 g/mol. The number of halogens is 1. The zero-order chi connectivity index (χ0) is 14.3. The highest BCUT2D eigenvalue weighted by atomic mass is 79.9. The molecule has 1 heterocycles. The van der Waals surface area contributed by atoms with E-state index in [0.29, 0.717) is 0 Å². The Morgan fingerprint density at radius 3 is 2.60 bits per heavy atom. The molecule has 2 aromatic carbocycles. The molecule has 1 atom stereocenters. The summed E-state index contributed by atoms with van der Waals surface area (Å²) in [5, 5.41) is 1.11. The number of aryl methyl sites for hydroxylation is 2. The Labute approximate surface area is 126 Å². The molecule has 0 saturated heterocycles. The van der Waals surface area contributed by atoms with Crippen molar-refractivity contribution in [2.24, 2.45) is 5.73 Å². The third-order valence-electron chi connectivity index (χ3n) is 3.74. The van der Waals surface area contributed by atoms with Crippen LogP contribution in [0.3, 0.4) is 0 Å².